The van der Waals surface area contributed by atoms with Gasteiger partial charge < -0.3 is 9.84 Å². The van der Waals surface area contributed by atoms with Gasteiger partial charge in [-0.3, -0.25) is 5.32 Å². The molecule has 0 amide bonds. The third kappa shape index (κ3) is 4.49. The van der Waals surface area contributed by atoms with Crippen molar-refractivity contribution < 1.29 is 23.0 Å². The van der Waals surface area contributed by atoms with Crippen molar-refractivity contribution in [3.05, 3.63) is 12.3 Å². The molecule has 2 N–H and O–H groups in total. The molecular weight excluding hydrogens is 247 g/mol. The standard InChI is InChI=1S/C12H20F3NO2/c1-9(17)11(6-4-3-5-7-11)16-10(2)18-8-12(13,14)15/h10,16-17H,1,3-8H2,2H3. The van der Waals surface area contributed by atoms with Gasteiger partial charge in [-0.1, -0.05) is 25.8 Å². The number of halogens is 3. The maximum atomic E-state index is 12.0. The number of hydrogen-bond acceptors (Lipinski definition) is 3. The number of rotatable bonds is 5. The van der Waals surface area contributed by atoms with Crippen LogP contribution < -0.4 is 5.32 Å². The highest BCUT2D eigenvalue weighted by Gasteiger charge is 2.37. The molecule has 0 bridgehead atoms. The summed E-state index contributed by atoms with van der Waals surface area (Å²) in [6.07, 6.45) is -0.893. The lowest BCUT2D eigenvalue weighted by Crippen LogP contribution is -2.53. The molecule has 106 valence electrons. The average Bonchev–Trinajstić information content (AvgIpc) is 2.26. The predicted molar refractivity (Wildman–Crippen MR) is 62.2 cm³/mol. The fourth-order valence-electron chi connectivity index (χ4n) is 2.32. The van der Waals surface area contributed by atoms with Crippen LogP contribution in [0.1, 0.15) is 39.0 Å². The van der Waals surface area contributed by atoms with Crippen LogP contribution >= 0.6 is 0 Å². The van der Waals surface area contributed by atoms with Gasteiger partial charge in [-0.15, -0.1) is 0 Å². The quantitative estimate of drug-likeness (QED) is 0.593. The molecule has 0 aliphatic heterocycles. The van der Waals surface area contributed by atoms with Crippen LogP contribution in [0.25, 0.3) is 0 Å². The number of alkyl halides is 3. The molecule has 1 aliphatic carbocycles. The molecule has 0 aromatic heterocycles. The zero-order valence-corrected chi connectivity index (χ0v) is 10.5. The molecule has 0 spiro atoms. The van der Waals surface area contributed by atoms with Crippen molar-refractivity contribution in [2.24, 2.45) is 0 Å². The molecule has 0 heterocycles. The Labute approximate surface area is 105 Å². The molecule has 1 aliphatic rings. The van der Waals surface area contributed by atoms with Crippen molar-refractivity contribution in [1.29, 1.82) is 0 Å². The highest BCUT2D eigenvalue weighted by atomic mass is 19.4. The number of aliphatic hydroxyl groups is 1. The molecule has 1 saturated carbocycles. The summed E-state index contributed by atoms with van der Waals surface area (Å²) in [5.41, 5.74) is -0.705. The van der Waals surface area contributed by atoms with E-state index in [1.165, 1.54) is 6.92 Å². The summed E-state index contributed by atoms with van der Waals surface area (Å²) in [4.78, 5) is 0. The van der Waals surface area contributed by atoms with Crippen LogP contribution in [0.5, 0.6) is 0 Å². The Bertz CT molecular complexity index is 286. The molecule has 6 heteroatoms. The molecule has 0 aromatic carbocycles. The van der Waals surface area contributed by atoms with Gasteiger partial charge in [0.1, 0.15) is 18.6 Å². The fraction of sp³-hybridized carbons (Fsp3) is 0.833. The molecule has 0 aromatic rings. The fourth-order valence-corrected chi connectivity index (χ4v) is 2.32. The summed E-state index contributed by atoms with van der Waals surface area (Å²) in [7, 11) is 0. The van der Waals surface area contributed by atoms with E-state index in [9.17, 15) is 18.3 Å². The molecular formula is C12H20F3NO2. The highest BCUT2D eigenvalue weighted by Crippen LogP contribution is 2.33. The third-order valence-corrected chi connectivity index (χ3v) is 3.24. The Hall–Kier alpha value is -0.750. The summed E-state index contributed by atoms with van der Waals surface area (Å²) in [6.45, 7) is 3.74. The monoisotopic (exact) mass is 267 g/mol. The molecule has 1 unspecified atom stereocenters. The second kappa shape index (κ2) is 5.93. The van der Waals surface area contributed by atoms with Crippen LogP contribution in [0.2, 0.25) is 0 Å². The van der Waals surface area contributed by atoms with Gasteiger partial charge >= 0.3 is 6.18 Å². The Morgan fingerprint density at radius 2 is 1.94 bits per heavy atom. The highest BCUT2D eigenvalue weighted by molar-refractivity contribution is 5.11. The zero-order chi connectivity index (χ0) is 13.8. The van der Waals surface area contributed by atoms with E-state index < -0.39 is 24.6 Å². The lowest BCUT2D eigenvalue weighted by molar-refractivity contribution is -0.188. The van der Waals surface area contributed by atoms with Gasteiger partial charge in [0.05, 0.1) is 5.54 Å². The molecule has 1 atom stereocenters. The van der Waals surface area contributed by atoms with Crippen molar-refractivity contribution in [1.82, 2.24) is 5.32 Å². The van der Waals surface area contributed by atoms with Gasteiger partial charge in [0.25, 0.3) is 0 Å². The van der Waals surface area contributed by atoms with Crippen molar-refractivity contribution >= 4 is 0 Å². The van der Waals surface area contributed by atoms with Crippen LogP contribution in [0.15, 0.2) is 12.3 Å². The lowest BCUT2D eigenvalue weighted by Gasteiger charge is -2.39. The summed E-state index contributed by atoms with van der Waals surface area (Å²) in [6, 6.07) is 0. The van der Waals surface area contributed by atoms with Crippen molar-refractivity contribution in [2.45, 2.75) is 57.0 Å². The third-order valence-electron chi connectivity index (χ3n) is 3.24. The number of hydrogen-bond donors (Lipinski definition) is 2. The molecule has 0 radical (unpaired) electrons. The minimum atomic E-state index is -4.34. The summed E-state index contributed by atoms with van der Waals surface area (Å²) in [5, 5.41) is 12.6. The molecule has 1 fully saturated rings. The summed E-state index contributed by atoms with van der Waals surface area (Å²) < 4.78 is 40.8. The van der Waals surface area contributed by atoms with Gasteiger partial charge in [0, 0.05) is 0 Å². The Balaban J connectivity index is 2.53. The minimum Gasteiger partial charge on any atom is -0.511 e. The van der Waals surface area contributed by atoms with E-state index in [-0.39, 0.29) is 5.76 Å². The van der Waals surface area contributed by atoms with Crippen LogP contribution in [0.3, 0.4) is 0 Å². The SMILES string of the molecule is C=C(O)C1(NC(C)OCC(F)(F)F)CCCCC1. The van der Waals surface area contributed by atoms with Crippen LogP contribution in [-0.4, -0.2) is 29.7 Å². The number of aliphatic hydroxyl groups excluding tert-OH is 1. The normalized spacial score (nSPS) is 21.6. The predicted octanol–water partition coefficient (Wildman–Crippen LogP) is 3.28. The number of ether oxygens (including phenoxy) is 1. The first-order chi connectivity index (χ1) is 8.25. The molecule has 18 heavy (non-hydrogen) atoms. The van der Waals surface area contributed by atoms with E-state index >= 15 is 0 Å². The molecule has 1 rings (SSSR count). The van der Waals surface area contributed by atoms with Crippen LogP contribution in [-0.2, 0) is 4.74 Å². The minimum absolute atomic E-state index is 0.0235. The Morgan fingerprint density at radius 1 is 1.39 bits per heavy atom. The van der Waals surface area contributed by atoms with Gasteiger partial charge in [-0.25, -0.2) is 0 Å². The maximum Gasteiger partial charge on any atom is 0.411 e. The van der Waals surface area contributed by atoms with Crippen molar-refractivity contribution in [3.63, 3.8) is 0 Å². The van der Waals surface area contributed by atoms with Crippen LogP contribution in [0, 0.1) is 0 Å². The van der Waals surface area contributed by atoms with E-state index in [2.05, 4.69) is 11.9 Å². The largest absolute Gasteiger partial charge is 0.511 e. The Kier molecular flexibility index (Phi) is 5.04. The van der Waals surface area contributed by atoms with E-state index in [4.69, 9.17) is 4.74 Å². The lowest BCUT2D eigenvalue weighted by atomic mass is 9.80. The average molecular weight is 267 g/mol. The number of nitrogens with one attached hydrogen (secondary N) is 1. The first kappa shape index (κ1) is 15.3. The van der Waals surface area contributed by atoms with Crippen molar-refractivity contribution in [2.75, 3.05) is 6.61 Å². The summed E-state index contributed by atoms with van der Waals surface area (Å²) >= 11 is 0. The van der Waals surface area contributed by atoms with E-state index in [0.29, 0.717) is 12.8 Å². The maximum absolute atomic E-state index is 12.0. The smallest absolute Gasteiger partial charge is 0.411 e. The first-order valence-electron chi connectivity index (χ1n) is 6.10. The van der Waals surface area contributed by atoms with Gasteiger partial charge in [-0.2, -0.15) is 13.2 Å². The molecule has 0 saturated heterocycles. The topological polar surface area (TPSA) is 41.5 Å². The second-order valence-electron chi connectivity index (χ2n) is 4.80. The zero-order valence-electron chi connectivity index (χ0n) is 10.5. The second-order valence-corrected chi connectivity index (χ2v) is 4.80. The van der Waals surface area contributed by atoms with Gasteiger partial charge in [-0.05, 0) is 19.8 Å². The Morgan fingerprint density at radius 3 is 2.39 bits per heavy atom. The van der Waals surface area contributed by atoms with E-state index in [1.54, 1.807) is 0 Å². The van der Waals surface area contributed by atoms with E-state index in [0.717, 1.165) is 19.3 Å². The van der Waals surface area contributed by atoms with E-state index in [1.807, 2.05) is 0 Å². The van der Waals surface area contributed by atoms with Crippen molar-refractivity contribution in [3.8, 4) is 0 Å². The van der Waals surface area contributed by atoms with Crippen LogP contribution in [0.4, 0.5) is 13.2 Å². The molecule has 3 nitrogen and oxygen atoms in total. The van der Waals surface area contributed by atoms with Gasteiger partial charge in [0.15, 0.2) is 0 Å². The van der Waals surface area contributed by atoms with Gasteiger partial charge in [0.2, 0.25) is 0 Å². The summed E-state index contributed by atoms with van der Waals surface area (Å²) in [5.74, 6) is -0.0235. The first-order valence-corrected chi connectivity index (χ1v) is 6.10.